The summed E-state index contributed by atoms with van der Waals surface area (Å²) in [6.45, 7) is 3.36. The predicted molar refractivity (Wildman–Crippen MR) is 100 cm³/mol. The summed E-state index contributed by atoms with van der Waals surface area (Å²) in [4.78, 5) is 12.0. The zero-order valence-corrected chi connectivity index (χ0v) is 14.8. The minimum atomic E-state index is -0.00734. The highest BCUT2D eigenvalue weighted by Gasteiger charge is 2.04. The maximum Gasteiger partial charge on any atom is 0.224 e. The molecule has 4 nitrogen and oxygen atoms in total. The first-order chi connectivity index (χ1) is 11.2. The van der Waals surface area contributed by atoms with Crippen LogP contribution in [0.25, 0.3) is 0 Å². The predicted octanol–water partition coefficient (Wildman–Crippen LogP) is 3.73. The van der Waals surface area contributed by atoms with Crippen molar-refractivity contribution in [2.75, 3.05) is 12.3 Å². The zero-order valence-electron chi connectivity index (χ0n) is 14.0. The van der Waals surface area contributed by atoms with E-state index in [1.807, 2.05) is 36.4 Å². The van der Waals surface area contributed by atoms with Gasteiger partial charge in [-0.05, 0) is 41.8 Å². The number of unbranched alkanes of at least 4 members (excludes halogenated alkanes) is 1. The van der Waals surface area contributed by atoms with E-state index >= 15 is 0 Å². The van der Waals surface area contributed by atoms with E-state index in [0.29, 0.717) is 18.7 Å². The van der Waals surface area contributed by atoms with Crippen molar-refractivity contribution in [1.29, 1.82) is 0 Å². The lowest BCUT2D eigenvalue weighted by atomic mass is 10.1. The number of rotatable bonds is 8. The van der Waals surface area contributed by atoms with Crippen molar-refractivity contribution in [2.45, 2.75) is 32.7 Å². The summed E-state index contributed by atoms with van der Waals surface area (Å²) < 4.78 is 5.68. The van der Waals surface area contributed by atoms with Crippen molar-refractivity contribution in [1.82, 2.24) is 5.32 Å². The van der Waals surface area contributed by atoms with Crippen molar-refractivity contribution in [3.8, 4) is 5.75 Å². The van der Waals surface area contributed by atoms with Crippen LogP contribution in [-0.2, 0) is 17.8 Å². The molecule has 0 atom stereocenters. The second-order valence-corrected chi connectivity index (χ2v) is 5.54. The third kappa shape index (κ3) is 6.92. The normalized spacial score (nSPS) is 9.88. The third-order valence-electron chi connectivity index (χ3n) is 3.50. The molecule has 0 aliphatic carbocycles. The van der Waals surface area contributed by atoms with E-state index in [2.05, 4.69) is 12.2 Å². The molecule has 1 amide bonds. The van der Waals surface area contributed by atoms with Gasteiger partial charge in [0.2, 0.25) is 5.91 Å². The Kier molecular flexibility index (Phi) is 8.72. The molecule has 0 saturated heterocycles. The van der Waals surface area contributed by atoms with Crippen molar-refractivity contribution in [2.24, 2.45) is 0 Å². The second-order valence-electron chi connectivity index (χ2n) is 5.54. The van der Waals surface area contributed by atoms with Crippen LogP contribution >= 0.6 is 12.4 Å². The highest BCUT2D eigenvalue weighted by Crippen LogP contribution is 2.14. The van der Waals surface area contributed by atoms with Crippen LogP contribution < -0.4 is 15.8 Å². The first kappa shape index (κ1) is 19.8. The van der Waals surface area contributed by atoms with Gasteiger partial charge in [0.15, 0.2) is 0 Å². The number of anilines is 1. The van der Waals surface area contributed by atoms with E-state index in [4.69, 9.17) is 10.5 Å². The number of nitrogen functional groups attached to an aromatic ring is 1. The molecule has 130 valence electrons. The number of nitrogens with one attached hydrogen (secondary N) is 1. The highest BCUT2D eigenvalue weighted by molar-refractivity contribution is 5.85. The van der Waals surface area contributed by atoms with Crippen molar-refractivity contribution < 1.29 is 9.53 Å². The van der Waals surface area contributed by atoms with E-state index in [9.17, 15) is 4.79 Å². The SMILES string of the molecule is CCCCOc1cccc(CNC(=O)Cc2ccc(N)cc2)c1.Cl. The smallest absolute Gasteiger partial charge is 0.224 e. The Morgan fingerprint density at radius 2 is 1.88 bits per heavy atom. The van der Waals surface area contributed by atoms with Crippen LogP contribution in [0.2, 0.25) is 0 Å². The molecule has 0 bridgehead atoms. The van der Waals surface area contributed by atoms with Crippen LogP contribution in [0, 0.1) is 0 Å². The molecule has 0 aromatic heterocycles. The minimum absolute atomic E-state index is 0. The summed E-state index contributed by atoms with van der Waals surface area (Å²) >= 11 is 0. The van der Waals surface area contributed by atoms with Gasteiger partial charge in [-0.25, -0.2) is 0 Å². The number of ether oxygens (including phenoxy) is 1. The van der Waals surface area contributed by atoms with Crippen LogP contribution in [0.3, 0.4) is 0 Å². The summed E-state index contributed by atoms with van der Waals surface area (Å²) in [5.74, 6) is 0.843. The number of nitrogens with two attached hydrogens (primary N) is 1. The molecule has 2 aromatic carbocycles. The number of hydrogen-bond donors (Lipinski definition) is 2. The quantitative estimate of drug-likeness (QED) is 0.564. The standard InChI is InChI=1S/C19H24N2O2.ClH/c1-2-3-11-23-18-6-4-5-16(12-18)14-21-19(22)13-15-7-9-17(20)10-8-15;/h4-10,12H,2-3,11,13-14,20H2,1H3,(H,21,22);1H. The van der Waals surface area contributed by atoms with Gasteiger partial charge in [0.05, 0.1) is 13.0 Å². The maximum atomic E-state index is 12.0. The number of carbonyl (C=O) groups is 1. The number of halogens is 1. The summed E-state index contributed by atoms with van der Waals surface area (Å²) in [7, 11) is 0. The van der Waals surface area contributed by atoms with Gasteiger partial charge in [0, 0.05) is 12.2 Å². The van der Waals surface area contributed by atoms with E-state index < -0.39 is 0 Å². The largest absolute Gasteiger partial charge is 0.494 e. The first-order valence-electron chi connectivity index (χ1n) is 8.00. The number of hydrogen-bond acceptors (Lipinski definition) is 3. The summed E-state index contributed by atoms with van der Waals surface area (Å²) in [5, 5.41) is 2.93. The maximum absolute atomic E-state index is 12.0. The van der Waals surface area contributed by atoms with Gasteiger partial charge in [0.1, 0.15) is 5.75 Å². The number of carbonyl (C=O) groups excluding carboxylic acids is 1. The topological polar surface area (TPSA) is 64.3 Å². The molecule has 0 spiro atoms. The molecule has 0 aliphatic rings. The fourth-order valence-electron chi connectivity index (χ4n) is 2.16. The Labute approximate surface area is 149 Å². The number of benzene rings is 2. The van der Waals surface area contributed by atoms with Crippen LogP contribution in [-0.4, -0.2) is 12.5 Å². The molecule has 5 heteroatoms. The molecule has 0 unspecified atom stereocenters. The molecular weight excluding hydrogens is 324 g/mol. The fourth-order valence-corrected chi connectivity index (χ4v) is 2.16. The molecule has 0 fully saturated rings. The fraction of sp³-hybridized carbons (Fsp3) is 0.316. The highest BCUT2D eigenvalue weighted by atomic mass is 35.5. The van der Waals surface area contributed by atoms with Gasteiger partial charge >= 0.3 is 0 Å². The Hall–Kier alpha value is -2.20. The van der Waals surface area contributed by atoms with Crippen LogP contribution in [0.1, 0.15) is 30.9 Å². The lowest BCUT2D eigenvalue weighted by Crippen LogP contribution is -2.24. The van der Waals surface area contributed by atoms with Gasteiger partial charge in [0.25, 0.3) is 0 Å². The minimum Gasteiger partial charge on any atom is -0.494 e. The molecule has 3 N–H and O–H groups in total. The lowest BCUT2D eigenvalue weighted by molar-refractivity contribution is -0.120. The lowest BCUT2D eigenvalue weighted by Gasteiger charge is -2.09. The van der Waals surface area contributed by atoms with Crippen LogP contribution in [0.5, 0.6) is 5.75 Å². The molecule has 24 heavy (non-hydrogen) atoms. The monoisotopic (exact) mass is 348 g/mol. The van der Waals surface area contributed by atoms with Gasteiger partial charge in [-0.3, -0.25) is 4.79 Å². The molecular formula is C19H25ClN2O2. The van der Waals surface area contributed by atoms with E-state index in [1.54, 1.807) is 12.1 Å². The Bertz CT molecular complexity index is 630. The van der Waals surface area contributed by atoms with Gasteiger partial charge in [-0.2, -0.15) is 0 Å². The van der Waals surface area contributed by atoms with E-state index in [0.717, 1.165) is 36.3 Å². The van der Waals surface area contributed by atoms with Gasteiger partial charge in [-0.1, -0.05) is 37.6 Å². The van der Waals surface area contributed by atoms with Crippen molar-refractivity contribution in [3.63, 3.8) is 0 Å². The van der Waals surface area contributed by atoms with Gasteiger partial charge in [-0.15, -0.1) is 12.4 Å². The first-order valence-corrected chi connectivity index (χ1v) is 8.00. The van der Waals surface area contributed by atoms with Crippen LogP contribution in [0.4, 0.5) is 5.69 Å². The summed E-state index contributed by atoms with van der Waals surface area (Å²) in [6.07, 6.45) is 2.51. The number of amides is 1. The zero-order chi connectivity index (χ0) is 16.5. The van der Waals surface area contributed by atoms with Crippen molar-refractivity contribution in [3.05, 3.63) is 59.7 Å². The summed E-state index contributed by atoms with van der Waals surface area (Å²) in [5.41, 5.74) is 8.32. The van der Waals surface area contributed by atoms with Crippen molar-refractivity contribution >= 4 is 24.0 Å². The van der Waals surface area contributed by atoms with Crippen LogP contribution in [0.15, 0.2) is 48.5 Å². The third-order valence-corrected chi connectivity index (χ3v) is 3.50. The Morgan fingerprint density at radius 1 is 1.12 bits per heavy atom. The van der Waals surface area contributed by atoms with Gasteiger partial charge < -0.3 is 15.8 Å². The molecule has 2 aromatic rings. The molecule has 0 aliphatic heterocycles. The molecule has 0 heterocycles. The summed E-state index contributed by atoms with van der Waals surface area (Å²) in [6, 6.07) is 15.2. The second kappa shape index (κ2) is 10.6. The Morgan fingerprint density at radius 3 is 2.58 bits per heavy atom. The van der Waals surface area contributed by atoms with E-state index in [1.165, 1.54) is 0 Å². The molecule has 0 saturated carbocycles. The molecule has 2 rings (SSSR count). The average molecular weight is 349 g/mol. The average Bonchev–Trinajstić information content (AvgIpc) is 2.56. The Balaban J connectivity index is 0.00000288. The van der Waals surface area contributed by atoms with E-state index in [-0.39, 0.29) is 18.3 Å². The molecule has 0 radical (unpaired) electrons.